The lowest BCUT2D eigenvalue weighted by molar-refractivity contribution is -0.113. The van der Waals surface area contributed by atoms with Gasteiger partial charge in [-0.2, -0.15) is 0 Å². The second kappa shape index (κ2) is 9.71. The molecule has 0 unspecified atom stereocenters. The number of nitrogens with zero attached hydrogens (tertiary/aromatic N) is 3. The number of carbonyl (C=O) groups excluding carboxylic acids is 1. The quantitative estimate of drug-likeness (QED) is 0.388. The number of rotatable bonds is 8. The molecule has 3 aromatic rings. The number of aryl methyl sites for hydroxylation is 1. The molecule has 1 heterocycles. The molecule has 5 nitrogen and oxygen atoms in total. The molecule has 0 aliphatic rings. The third kappa shape index (κ3) is 5.33. The van der Waals surface area contributed by atoms with Gasteiger partial charge in [-0.15, -0.1) is 16.8 Å². The smallest absolute Gasteiger partial charge is 0.234 e. The highest BCUT2D eigenvalue weighted by molar-refractivity contribution is 9.10. The summed E-state index contributed by atoms with van der Waals surface area (Å²) >= 11 is 4.80. The van der Waals surface area contributed by atoms with Crippen LogP contribution in [0.3, 0.4) is 0 Å². The van der Waals surface area contributed by atoms with E-state index in [-0.39, 0.29) is 11.7 Å². The number of anilines is 1. The lowest BCUT2D eigenvalue weighted by atomic mass is 10.1. The molecule has 1 aromatic heterocycles. The fourth-order valence-electron chi connectivity index (χ4n) is 2.73. The van der Waals surface area contributed by atoms with Gasteiger partial charge in [0.25, 0.3) is 0 Å². The van der Waals surface area contributed by atoms with E-state index in [1.807, 2.05) is 54.0 Å². The van der Waals surface area contributed by atoms with E-state index in [9.17, 15) is 4.79 Å². The molecule has 7 heteroatoms. The van der Waals surface area contributed by atoms with Gasteiger partial charge >= 0.3 is 0 Å². The Morgan fingerprint density at radius 2 is 2.04 bits per heavy atom. The molecule has 1 N–H and O–H groups in total. The molecule has 0 saturated carbocycles. The van der Waals surface area contributed by atoms with E-state index >= 15 is 0 Å². The molecule has 0 bridgehead atoms. The lowest BCUT2D eigenvalue weighted by Crippen LogP contribution is -2.15. The second-order valence-corrected chi connectivity index (χ2v) is 8.11. The summed E-state index contributed by atoms with van der Waals surface area (Å²) in [6.45, 7) is 6.39. The molecular formula is C21H21BrN4OS. The minimum absolute atomic E-state index is 0.0758. The minimum Gasteiger partial charge on any atom is -0.325 e. The van der Waals surface area contributed by atoms with Gasteiger partial charge in [-0.1, -0.05) is 64.1 Å². The zero-order chi connectivity index (χ0) is 19.9. The Kier molecular flexibility index (Phi) is 7.06. The first-order valence-electron chi connectivity index (χ1n) is 8.82. The molecule has 0 fully saturated rings. The number of halogens is 1. The average molecular weight is 457 g/mol. The highest BCUT2D eigenvalue weighted by Crippen LogP contribution is 2.22. The van der Waals surface area contributed by atoms with Crippen molar-refractivity contribution >= 4 is 39.3 Å². The van der Waals surface area contributed by atoms with Crippen molar-refractivity contribution in [2.75, 3.05) is 11.1 Å². The molecule has 2 aromatic carbocycles. The molecule has 0 radical (unpaired) electrons. The number of amides is 1. The molecule has 0 saturated heterocycles. The number of aromatic nitrogens is 3. The van der Waals surface area contributed by atoms with Crippen LogP contribution in [0.25, 0.3) is 0 Å². The number of allylic oxidation sites excluding steroid dienone is 1. The predicted octanol–water partition coefficient (Wildman–Crippen LogP) is 4.86. The van der Waals surface area contributed by atoms with E-state index in [0.717, 1.165) is 21.5 Å². The molecule has 0 aliphatic heterocycles. The maximum atomic E-state index is 12.4. The van der Waals surface area contributed by atoms with Crippen LogP contribution >= 0.6 is 27.7 Å². The van der Waals surface area contributed by atoms with Gasteiger partial charge < -0.3 is 9.88 Å². The third-order valence-electron chi connectivity index (χ3n) is 4.11. The van der Waals surface area contributed by atoms with Crippen molar-refractivity contribution in [3.8, 4) is 0 Å². The summed E-state index contributed by atoms with van der Waals surface area (Å²) in [5, 5.41) is 12.3. The number of carbonyl (C=O) groups is 1. The van der Waals surface area contributed by atoms with Crippen LogP contribution in [0, 0.1) is 6.92 Å². The molecule has 1 amide bonds. The zero-order valence-corrected chi connectivity index (χ0v) is 18.0. The van der Waals surface area contributed by atoms with E-state index in [1.165, 1.54) is 17.3 Å². The Balaban J connectivity index is 1.66. The number of benzene rings is 2. The van der Waals surface area contributed by atoms with Crippen molar-refractivity contribution in [1.29, 1.82) is 0 Å². The largest absolute Gasteiger partial charge is 0.325 e. The number of hydrogen-bond acceptors (Lipinski definition) is 4. The van der Waals surface area contributed by atoms with Crippen LogP contribution in [0.5, 0.6) is 0 Å². The van der Waals surface area contributed by atoms with Crippen molar-refractivity contribution < 1.29 is 4.79 Å². The van der Waals surface area contributed by atoms with Gasteiger partial charge in [-0.3, -0.25) is 4.79 Å². The maximum absolute atomic E-state index is 12.4. The van der Waals surface area contributed by atoms with Crippen LogP contribution in [0.4, 0.5) is 5.69 Å². The fraction of sp³-hybridized carbons (Fsp3) is 0.190. The molecule has 0 aliphatic carbocycles. The Morgan fingerprint density at radius 3 is 2.75 bits per heavy atom. The molecule has 3 rings (SSSR count). The highest BCUT2D eigenvalue weighted by atomic mass is 79.9. The van der Waals surface area contributed by atoms with E-state index in [1.54, 1.807) is 0 Å². The fourth-order valence-corrected chi connectivity index (χ4v) is 3.97. The van der Waals surface area contributed by atoms with Gasteiger partial charge in [0.1, 0.15) is 5.82 Å². The predicted molar refractivity (Wildman–Crippen MR) is 118 cm³/mol. The third-order valence-corrected chi connectivity index (χ3v) is 5.57. The van der Waals surface area contributed by atoms with Gasteiger partial charge in [0.05, 0.1) is 5.75 Å². The Bertz CT molecular complexity index is 972. The average Bonchev–Trinajstić information content (AvgIpc) is 3.05. The summed E-state index contributed by atoms with van der Waals surface area (Å²) in [6.07, 6.45) is 2.50. The van der Waals surface area contributed by atoms with Crippen molar-refractivity contribution in [2.24, 2.45) is 0 Å². The van der Waals surface area contributed by atoms with Crippen molar-refractivity contribution in [3.05, 3.63) is 82.6 Å². The Hall–Kier alpha value is -2.38. The molecule has 144 valence electrons. The van der Waals surface area contributed by atoms with Crippen LogP contribution in [0.15, 0.2) is 70.8 Å². The van der Waals surface area contributed by atoms with Crippen LogP contribution in [0.1, 0.15) is 17.0 Å². The Morgan fingerprint density at radius 1 is 1.25 bits per heavy atom. The van der Waals surface area contributed by atoms with Gasteiger partial charge in [-0.05, 0) is 36.2 Å². The topological polar surface area (TPSA) is 59.8 Å². The van der Waals surface area contributed by atoms with E-state index in [0.29, 0.717) is 18.1 Å². The first kappa shape index (κ1) is 20.4. The summed E-state index contributed by atoms with van der Waals surface area (Å²) in [5.41, 5.74) is 2.99. The standard InChI is InChI=1S/C21H21BrN4OS/c1-3-11-26-19(13-16-7-5-4-6-8-16)24-25-21(26)28-14-20(27)23-18-10-9-17(22)12-15(18)2/h3-10,12H,1,11,13-14H2,2H3,(H,23,27). The van der Waals surface area contributed by atoms with Gasteiger partial charge in [0, 0.05) is 23.1 Å². The van der Waals surface area contributed by atoms with Crippen LogP contribution in [-0.4, -0.2) is 26.4 Å². The van der Waals surface area contributed by atoms with E-state index in [4.69, 9.17) is 0 Å². The first-order valence-corrected chi connectivity index (χ1v) is 10.6. The van der Waals surface area contributed by atoms with Crippen LogP contribution in [-0.2, 0) is 17.8 Å². The normalized spacial score (nSPS) is 10.6. The van der Waals surface area contributed by atoms with Gasteiger partial charge in [0.15, 0.2) is 5.16 Å². The highest BCUT2D eigenvalue weighted by Gasteiger charge is 2.14. The molecule has 28 heavy (non-hydrogen) atoms. The van der Waals surface area contributed by atoms with Crippen molar-refractivity contribution in [1.82, 2.24) is 14.8 Å². The maximum Gasteiger partial charge on any atom is 0.234 e. The SMILES string of the molecule is C=CCn1c(Cc2ccccc2)nnc1SCC(=O)Nc1ccc(Br)cc1C. The monoisotopic (exact) mass is 456 g/mol. The van der Waals surface area contributed by atoms with Crippen molar-refractivity contribution in [3.63, 3.8) is 0 Å². The second-order valence-electron chi connectivity index (χ2n) is 6.26. The molecule has 0 spiro atoms. The van der Waals surface area contributed by atoms with Crippen LogP contribution < -0.4 is 5.32 Å². The summed E-state index contributed by atoms with van der Waals surface area (Å²) in [6, 6.07) is 15.9. The Labute approximate surface area is 177 Å². The number of hydrogen-bond donors (Lipinski definition) is 1. The minimum atomic E-state index is -0.0758. The van der Waals surface area contributed by atoms with Crippen LogP contribution in [0.2, 0.25) is 0 Å². The lowest BCUT2D eigenvalue weighted by Gasteiger charge is -2.10. The molecular weight excluding hydrogens is 436 g/mol. The first-order chi connectivity index (χ1) is 13.6. The summed E-state index contributed by atoms with van der Waals surface area (Å²) < 4.78 is 2.99. The van der Waals surface area contributed by atoms with Crippen molar-refractivity contribution in [2.45, 2.75) is 25.0 Å². The van der Waals surface area contributed by atoms with E-state index < -0.39 is 0 Å². The summed E-state index contributed by atoms with van der Waals surface area (Å²) in [5.74, 6) is 1.04. The number of nitrogens with one attached hydrogen (secondary N) is 1. The van der Waals surface area contributed by atoms with Gasteiger partial charge in [-0.25, -0.2) is 0 Å². The zero-order valence-electron chi connectivity index (χ0n) is 15.6. The summed E-state index contributed by atoms with van der Waals surface area (Å²) in [7, 11) is 0. The van der Waals surface area contributed by atoms with Gasteiger partial charge in [0.2, 0.25) is 5.91 Å². The summed E-state index contributed by atoms with van der Waals surface area (Å²) in [4.78, 5) is 12.4. The van der Waals surface area contributed by atoms with E-state index in [2.05, 4.69) is 50.2 Å². The number of thioether (sulfide) groups is 1. The molecule has 0 atom stereocenters.